The smallest absolute Gasteiger partial charge is 0.179 e. The minimum absolute atomic E-state index is 0.721. The topological polar surface area (TPSA) is 17.1 Å². The summed E-state index contributed by atoms with van der Waals surface area (Å²) in [4.78, 5) is 0. The maximum atomic E-state index is 15.2. The highest BCUT2D eigenvalue weighted by atomic mass is 31.2. The van der Waals surface area contributed by atoms with E-state index >= 15 is 4.57 Å². The Bertz CT molecular complexity index is 1500. The summed E-state index contributed by atoms with van der Waals surface area (Å²) >= 11 is 0. The van der Waals surface area contributed by atoms with E-state index in [-0.39, 0.29) is 0 Å². The summed E-state index contributed by atoms with van der Waals surface area (Å²) in [5.41, 5.74) is 7.86. The average molecular weight is 497 g/mol. The lowest BCUT2D eigenvalue weighted by molar-refractivity contribution is 0.593. The second-order valence-electron chi connectivity index (χ2n) is 9.11. The Balaban J connectivity index is 1.72. The van der Waals surface area contributed by atoms with Gasteiger partial charge in [-0.2, -0.15) is 0 Å². The molecule has 0 heterocycles. The zero-order valence-electron chi connectivity index (χ0n) is 20.8. The van der Waals surface area contributed by atoms with Crippen molar-refractivity contribution in [2.45, 2.75) is 25.7 Å². The molecular weight excluding hydrogens is 467 g/mol. The van der Waals surface area contributed by atoms with Crippen molar-refractivity contribution in [2.75, 3.05) is 0 Å². The van der Waals surface area contributed by atoms with Crippen molar-refractivity contribution in [1.82, 2.24) is 0 Å². The van der Waals surface area contributed by atoms with E-state index in [0.717, 1.165) is 58.3 Å². The van der Waals surface area contributed by atoms with Gasteiger partial charge in [-0.05, 0) is 55.0 Å². The Hall–Kier alpha value is -4.07. The third kappa shape index (κ3) is 5.69. The zero-order valence-corrected chi connectivity index (χ0v) is 21.7. The van der Waals surface area contributed by atoms with Gasteiger partial charge in [-0.1, -0.05) is 121 Å². The van der Waals surface area contributed by atoms with Gasteiger partial charge in [-0.25, -0.2) is 0 Å². The van der Waals surface area contributed by atoms with Crippen molar-refractivity contribution in [2.24, 2.45) is 0 Å². The maximum Gasteiger partial charge on any atom is 0.179 e. The lowest BCUT2D eigenvalue weighted by Crippen LogP contribution is -2.16. The third-order valence-electron chi connectivity index (χ3n) is 6.63. The molecule has 0 fully saturated rings. The molecule has 1 nitrogen and oxygen atoms in total. The highest BCUT2D eigenvalue weighted by molar-refractivity contribution is 7.87. The summed E-state index contributed by atoms with van der Waals surface area (Å²) in [5.74, 6) is 6.76. The molecule has 0 radical (unpaired) electrons. The molecule has 1 aliphatic carbocycles. The molecule has 0 aromatic heterocycles. The molecule has 0 N–H and O–H groups in total. The Morgan fingerprint density at radius 2 is 1.14 bits per heavy atom. The minimum atomic E-state index is -3.19. The Labute approximate surface area is 220 Å². The van der Waals surface area contributed by atoms with Crippen molar-refractivity contribution >= 4 is 23.1 Å². The van der Waals surface area contributed by atoms with E-state index in [2.05, 4.69) is 23.6 Å². The largest absolute Gasteiger partial charge is 0.308 e. The molecule has 0 saturated heterocycles. The van der Waals surface area contributed by atoms with E-state index in [1.54, 1.807) is 0 Å². The molecule has 0 bridgehead atoms. The second-order valence-corrected chi connectivity index (χ2v) is 11.8. The van der Waals surface area contributed by atoms with Crippen LogP contribution >= 0.6 is 7.14 Å². The Morgan fingerprint density at radius 1 is 0.622 bits per heavy atom. The molecule has 0 amide bonds. The predicted molar refractivity (Wildman–Crippen MR) is 157 cm³/mol. The first-order valence-corrected chi connectivity index (χ1v) is 14.5. The SMILES string of the molecule is O=P(C(=C=CC1=C(C#Cc2ccccc2)CCCC1)c1ccccc1)(c1ccccc1)c1ccccc1. The standard InChI is InChI=1S/C35H29OP/c36-37(33-21-9-3-10-22-33,34-23-11-4-12-24-34)35(32-19-7-2-8-20-32)28-27-31-18-14-13-17-30(31)26-25-29-15-5-1-6-16-29/h1-12,15-16,19-24,27H,13-14,17-18H2. The number of hydrogen-bond acceptors (Lipinski definition) is 1. The molecule has 0 aliphatic heterocycles. The highest BCUT2D eigenvalue weighted by Crippen LogP contribution is 2.56. The lowest BCUT2D eigenvalue weighted by Gasteiger charge is -2.22. The molecule has 4 aromatic rings. The quantitative estimate of drug-likeness (QED) is 0.155. The van der Waals surface area contributed by atoms with E-state index in [1.165, 1.54) is 5.57 Å². The minimum Gasteiger partial charge on any atom is -0.308 e. The second kappa shape index (κ2) is 11.8. The van der Waals surface area contributed by atoms with Gasteiger partial charge in [-0.3, -0.25) is 0 Å². The molecule has 0 saturated carbocycles. The van der Waals surface area contributed by atoms with Gasteiger partial charge in [0.15, 0.2) is 7.14 Å². The molecule has 180 valence electrons. The summed E-state index contributed by atoms with van der Waals surface area (Å²) in [6, 6.07) is 39.8. The van der Waals surface area contributed by atoms with Gasteiger partial charge in [-0.15, -0.1) is 5.73 Å². The highest BCUT2D eigenvalue weighted by Gasteiger charge is 2.32. The van der Waals surface area contributed by atoms with Crippen molar-refractivity contribution in [3.05, 3.63) is 155 Å². The summed E-state index contributed by atoms with van der Waals surface area (Å²) in [6.45, 7) is 0. The maximum absolute atomic E-state index is 15.2. The number of benzene rings is 4. The summed E-state index contributed by atoms with van der Waals surface area (Å²) < 4.78 is 15.2. The molecule has 2 heteroatoms. The fourth-order valence-electron chi connectivity index (χ4n) is 4.69. The summed E-state index contributed by atoms with van der Waals surface area (Å²) in [6.07, 6.45) is 6.23. The van der Waals surface area contributed by atoms with Gasteiger partial charge in [0, 0.05) is 21.7 Å². The monoisotopic (exact) mass is 496 g/mol. The van der Waals surface area contributed by atoms with E-state index in [1.807, 2.05) is 121 Å². The van der Waals surface area contributed by atoms with Crippen LogP contribution in [0.3, 0.4) is 0 Å². The summed E-state index contributed by atoms with van der Waals surface area (Å²) in [5, 5.41) is 2.34. The van der Waals surface area contributed by atoms with Crippen molar-refractivity contribution in [3.8, 4) is 11.8 Å². The molecule has 4 aromatic carbocycles. The average Bonchev–Trinajstić information content (AvgIpc) is 2.98. The Kier molecular flexibility index (Phi) is 7.84. The van der Waals surface area contributed by atoms with Crippen molar-refractivity contribution in [1.29, 1.82) is 0 Å². The van der Waals surface area contributed by atoms with E-state index in [0.29, 0.717) is 0 Å². The van der Waals surface area contributed by atoms with Crippen LogP contribution in [-0.2, 0) is 4.57 Å². The van der Waals surface area contributed by atoms with Crippen LogP contribution in [0.1, 0.15) is 36.8 Å². The van der Waals surface area contributed by atoms with Gasteiger partial charge < -0.3 is 4.57 Å². The van der Waals surface area contributed by atoms with Crippen LogP contribution in [-0.4, -0.2) is 0 Å². The van der Waals surface area contributed by atoms with Crippen LogP contribution in [0.2, 0.25) is 0 Å². The van der Waals surface area contributed by atoms with E-state index < -0.39 is 7.14 Å². The van der Waals surface area contributed by atoms with Gasteiger partial charge in [0.2, 0.25) is 0 Å². The first-order valence-electron chi connectivity index (χ1n) is 12.8. The molecule has 0 unspecified atom stereocenters. The molecule has 1 aliphatic rings. The third-order valence-corrected chi connectivity index (χ3v) is 9.69. The number of allylic oxidation sites excluding steroid dienone is 3. The van der Waals surface area contributed by atoms with Gasteiger partial charge in [0.1, 0.15) is 0 Å². The predicted octanol–water partition coefficient (Wildman–Crippen LogP) is 8.12. The van der Waals surface area contributed by atoms with Crippen LogP contribution in [0.4, 0.5) is 0 Å². The van der Waals surface area contributed by atoms with Gasteiger partial charge in [0.05, 0.1) is 5.31 Å². The summed E-state index contributed by atoms with van der Waals surface area (Å²) in [7, 11) is -3.19. The first kappa shape index (κ1) is 24.6. The van der Waals surface area contributed by atoms with Crippen LogP contribution in [0.15, 0.2) is 144 Å². The molecule has 0 spiro atoms. The van der Waals surface area contributed by atoms with Crippen LogP contribution in [0.5, 0.6) is 0 Å². The number of rotatable bonds is 5. The molecule has 0 atom stereocenters. The van der Waals surface area contributed by atoms with Crippen molar-refractivity contribution < 1.29 is 4.57 Å². The fourth-order valence-corrected chi connectivity index (χ4v) is 7.45. The van der Waals surface area contributed by atoms with Crippen LogP contribution in [0, 0.1) is 11.8 Å². The normalized spacial score (nSPS) is 13.2. The van der Waals surface area contributed by atoms with Crippen LogP contribution < -0.4 is 10.6 Å². The van der Waals surface area contributed by atoms with Crippen molar-refractivity contribution in [3.63, 3.8) is 0 Å². The first-order chi connectivity index (χ1) is 18.2. The zero-order chi connectivity index (χ0) is 25.3. The lowest BCUT2D eigenvalue weighted by atomic mass is 9.91. The fraction of sp³-hybridized carbons (Fsp3) is 0.114. The van der Waals surface area contributed by atoms with E-state index in [4.69, 9.17) is 0 Å². The molecule has 37 heavy (non-hydrogen) atoms. The number of hydrogen-bond donors (Lipinski definition) is 0. The van der Waals surface area contributed by atoms with Gasteiger partial charge in [0.25, 0.3) is 0 Å². The molecular formula is C35H29OP. The van der Waals surface area contributed by atoms with E-state index in [9.17, 15) is 0 Å². The van der Waals surface area contributed by atoms with Crippen LogP contribution in [0.25, 0.3) is 5.31 Å². The van der Waals surface area contributed by atoms with Gasteiger partial charge >= 0.3 is 0 Å². The molecule has 5 rings (SSSR count). The Morgan fingerprint density at radius 3 is 1.73 bits per heavy atom.